The van der Waals surface area contributed by atoms with Gasteiger partial charge in [0.25, 0.3) is 0 Å². The van der Waals surface area contributed by atoms with Gasteiger partial charge in [-0.1, -0.05) is 13.0 Å². The van der Waals surface area contributed by atoms with Crippen LogP contribution in [0.5, 0.6) is 23.0 Å². The molecule has 0 aliphatic rings. The molecule has 0 fully saturated rings. The third kappa shape index (κ3) is 5.17. The highest BCUT2D eigenvalue weighted by atomic mass is 32.1. The maximum Gasteiger partial charge on any atom is 0.171 e. The van der Waals surface area contributed by atoms with E-state index in [0.717, 1.165) is 17.7 Å². The third-order valence-electron chi connectivity index (χ3n) is 4.18. The first kappa shape index (κ1) is 20.6. The number of rotatable bonds is 8. The van der Waals surface area contributed by atoms with Crippen LogP contribution in [0, 0.1) is 0 Å². The van der Waals surface area contributed by atoms with Gasteiger partial charge in [-0.3, -0.25) is 0 Å². The minimum atomic E-state index is 0.0223. The van der Waals surface area contributed by atoms with Gasteiger partial charge in [-0.15, -0.1) is 0 Å². The normalized spacial score (nSPS) is 11.3. The van der Waals surface area contributed by atoms with Crippen molar-refractivity contribution < 1.29 is 18.9 Å². The van der Waals surface area contributed by atoms with Crippen LogP contribution in [0.15, 0.2) is 36.4 Å². The summed E-state index contributed by atoms with van der Waals surface area (Å²) in [5.41, 5.74) is 1.82. The van der Waals surface area contributed by atoms with Gasteiger partial charge in [0.2, 0.25) is 0 Å². The van der Waals surface area contributed by atoms with Crippen molar-refractivity contribution in [3.63, 3.8) is 0 Å². The smallest absolute Gasteiger partial charge is 0.171 e. The SMILES string of the molecule is CC[C@@H](NC(=S)Nc1ccc(OC)cc1OC)c1ccc(OC)c(OC)c1. The number of benzene rings is 2. The van der Waals surface area contributed by atoms with Crippen molar-refractivity contribution in [3.05, 3.63) is 42.0 Å². The van der Waals surface area contributed by atoms with Gasteiger partial charge in [-0.2, -0.15) is 0 Å². The molecule has 1 atom stereocenters. The van der Waals surface area contributed by atoms with Crippen LogP contribution in [0.4, 0.5) is 5.69 Å². The van der Waals surface area contributed by atoms with Crippen molar-refractivity contribution in [1.29, 1.82) is 0 Å². The lowest BCUT2D eigenvalue weighted by Gasteiger charge is -2.22. The quantitative estimate of drug-likeness (QED) is 0.656. The van der Waals surface area contributed by atoms with E-state index in [1.807, 2.05) is 30.3 Å². The lowest BCUT2D eigenvalue weighted by atomic mass is 10.0. The molecule has 2 N–H and O–H groups in total. The average molecular weight is 391 g/mol. The molecule has 2 rings (SSSR count). The molecule has 27 heavy (non-hydrogen) atoms. The predicted octanol–water partition coefficient (Wildman–Crippen LogP) is 4.16. The summed E-state index contributed by atoms with van der Waals surface area (Å²) in [6, 6.07) is 11.4. The summed E-state index contributed by atoms with van der Waals surface area (Å²) in [4.78, 5) is 0. The third-order valence-corrected chi connectivity index (χ3v) is 4.40. The van der Waals surface area contributed by atoms with Crippen LogP contribution >= 0.6 is 12.2 Å². The molecule has 0 aromatic heterocycles. The van der Waals surface area contributed by atoms with E-state index >= 15 is 0 Å². The zero-order valence-corrected chi connectivity index (χ0v) is 17.1. The van der Waals surface area contributed by atoms with Gasteiger partial charge in [0, 0.05) is 6.07 Å². The summed E-state index contributed by atoms with van der Waals surface area (Å²) in [7, 11) is 6.46. The van der Waals surface area contributed by atoms with Crippen LogP contribution in [0.1, 0.15) is 24.9 Å². The van der Waals surface area contributed by atoms with Gasteiger partial charge in [0.15, 0.2) is 16.6 Å². The first-order valence-corrected chi connectivity index (χ1v) is 8.98. The molecule has 0 bridgehead atoms. The fraction of sp³-hybridized carbons (Fsp3) is 0.350. The van der Waals surface area contributed by atoms with Crippen LogP contribution in [0.25, 0.3) is 0 Å². The molecule has 0 heterocycles. The minimum absolute atomic E-state index is 0.0223. The number of ether oxygens (including phenoxy) is 4. The van der Waals surface area contributed by atoms with Gasteiger partial charge in [-0.05, 0) is 48.5 Å². The maximum atomic E-state index is 5.49. The van der Waals surface area contributed by atoms with E-state index in [1.165, 1.54) is 0 Å². The van der Waals surface area contributed by atoms with E-state index in [0.29, 0.717) is 28.1 Å². The number of nitrogens with one attached hydrogen (secondary N) is 2. The number of hydrogen-bond donors (Lipinski definition) is 2. The van der Waals surface area contributed by atoms with Crippen molar-refractivity contribution in [2.24, 2.45) is 0 Å². The minimum Gasteiger partial charge on any atom is -0.497 e. The fourth-order valence-corrected chi connectivity index (χ4v) is 2.96. The Bertz CT molecular complexity index is 783. The van der Waals surface area contributed by atoms with E-state index in [1.54, 1.807) is 34.5 Å². The molecule has 0 saturated heterocycles. The van der Waals surface area contributed by atoms with Crippen LogP contribution in [0.2, 0.25) is 0 Å². The van der Waals surface area contributed by atoms with Crippen LogP contribution in [-0.4, -0.2) is 33.6 Å². The van der Waals surface area contributed by atoms with Crippen LogP contribution in [0.3, 0.4) is 0 Å². The van der Waals surface area contributed by atoms with Crippen molar-refractivity contribution in [2.75, 3.05) is 33.8 Å². The first-order valence-electron chi connectivity index (χ1n) is 8.57. The molecule has 6 nitrogen and oxygen atoms in total. The molecule has 7 heteroatoms. The molecule has 0 aliphatic heterocycles. The van der Waals surface area contributed by atoms with E-state index in [2.05, 4.69) is 17.6 Å². The highest BCUT2D eigenvalue weighted by molar-refractivity contribution is 7.80. The molecule has 0 unspecified atom stereocenters. The predicted molar refractivity (Wildman–Crippen MR) is 111 cm³/mol. The van der Waals surface area contributed by atoms with E-state index < -0.39 is 0 Å². The average Bonchev–Trinajstić information content (AvgIpc) is 2.71. The van der Waals surface area contributed by atoms with E-state index in [-0.39, 0.29) is 6.04 Å². The summed E-state index contributed by atoms with van der Waals surface area (Å²) in [6.07, 6.45) is 0.844. The van der Waals surface area contributed by atoms with Gasteiger partial charge in [0.1, 0.15) is 11.5 Å². The van der Waals surface area contributed by atoms with Gasteiger partial charge < -0.3 is 29.6 Å². The number of anilines is 1. The maximum absolute atomic E-state index is 5.49. The highest BCUT2D eigenvalue weighted by Gasteiger charge is 2.15. The Kier molecular flexibility index (Phi) is 7.55. The molecule has 0 amide bonds. The molecule has 0 spiro atoms. The van der Waals surface area contributed by atoms with E-state index in [9.17, 15) is 0 Å². The zero-order chi connectivity index (χ0) is 19.8. The van der Waals surface area contributed by atoms with Crippen LogP contribution < -0.4 is 29.6 Å². The number of methoxy groups -OCH3 is 4. The Labute approximate surface area is 165 Å². The summed E-state index contributed by atoms with van der Waals surface area (Å²) in [5, 5.41) is 7.02. The molecule has 146 valence electrons. The van der Waals surface area contributed by atoms with Crippen molar-refractivity contribution in [2.45, 2.75) is 19.4 Å². The summed E-state index contributed by atoms with van der Waals surface area (Å²) in [5.74, 6) is 2.75. The monoisotopic (exact) mass is 390 g/mol. The molecule has 2 aromatic carbocycles. The second-order valence-corrected chi connectivity index (χ2v) is 6.15. The molecular weight excluding hydrogens is 364 g/mol. The number of hydrogen-bond acceptors (Lipinski definition) is 5. The highest BCUT2D eigenvalue weighted by Crippen LogP contribution is 2.32. The zero-order valence-electron chi connectivity index (χ0n) is 16.3. The number of thiocarbonyl (C=S) groups is 1. The van der Waals surface area contributed by atoms with Gasteiger partial charge in [0.05, 0.1) is 40.2 Å². The Hall–Kier alpha value is -2.67. The topological polar surface area (TPSA) is 61.0 Å². The van der Waals surface area contributed by atoms with Gasteiger partial charge >= 0.3 is 0 Å². The Morgan fingerprint density at radius 2 is 1.59 bits per heavy atom. The van der Waals surface area contributed by atoms with Crippen molar-refractivity contribution in [3.8, 4) is 23.0 Å². The lowest BCUT2D eigenvalue weighted by molar-refractivity contribution is 0.354. The van der Waals surface area contributed by atoms with Crippen LogP contribution in [-0.2, 0) is 0 Å². The summed E-state index contributed by atoms with van der Waals surface area (Å²) < 4.78 is 21.3. The second kappa shape index (κ2) is 9.87. The Morgan fingerprint density at radius 1 is 0.889 bits per heavy atom. The standard InChI is InChI=1S/C20H26N2O4S/c1-6-15(13-7-10-17(24-3)19(11-13)26-5)21-20(27)22-16-9-8-14(23-2)12-18(16)25-4/h7-12,15H,6H2,1-5H3,(H2,21,22,27)/t15-/m1/s1. The fourth-order valence-electron chi connectivity index (χ4n) is 2.71. The first-order chi connectivity index (χ1) is 13.1. The Morgan fingerprint density at radius 3 is 2.19 bits per heavy atom. The summed E-state index contributed by atoms with van der Waals surface area (Å²) >= 11 is 5.49. The largest absolute Gasteiger partial charge is 0.497 e. The van der Waals surface area contributed by atoms with Crippen molar-refractivity contribution >= 4 is 23.0 Å². The lowest BCUT2D eigenvalue weighted by Crippen LogP contribution is -2.32. The molecule has 0 radical (unpaired) electrons. The molecular formula is C20H26N2O4S. The molecule has 0 aliphatic carbocycles. The second-order valence-electron chi connectivity index (χ2n) is 5.74. The summed E-state index contributed by atoms with van der Waals surface area (Å²) in [6.45, 7) is 2.09. The van der Waals surface area contributed by atoms with E-state index in [4.69, 9.17) is 31.2 Å². The van der Waals surface area contributed by atoms with Crippen molar-refractivity contribution in [1.82, 2.24) is 5.32 Å². The Balaban J connectivity index is 2.13. The van der Waals surface area contributed by atoms with Gasteiger partial charge in [-0.25, -0.2) is 0 Å². The molecule has 2 aromatic rings. The molecule has 0 saturated carbocycles.